The van der Waals surface area contributed by atoms with Gasteiger partial charge in [0.25, 0.3) is 0 Å². The lowest BCUT2D eigenvalue weighted by Crippen LogP contribution is -2.20. The van der Waals surface area contributed by atoms with Gasteiger partial charge in [0, 0.05) is 6.42 Å². The molecule has 2 heteroatoms. The summed E-state index contributed by atoms with van der Waals surface area (Å²) in [6, 6.07) is 9.43. The number of aryl methyl sites for hydroxylation is 1. The zero-order valence-corrected chi connectivity index (χ0v) is 15.5. The number of hydrogen-bond donors (Lipinski definition) is 2. The monoisotopic (exact) mass is 328 g/mol. The van der Waals surface area contributed by atoms with Gasteiger partial charge in [-0.3, -0.25) is 5.41 Å². The number of hydrogen-bond acceptors (Lipinski definition) is 1. The second kappa shape index (κ2) is 10.5. The average Bonchev–Trinajstić information content (AvgIpc) is 2.59. The molecule has 134 valence electrons. The number of benzene rings is 1. The molecule has 2 rings (SSSR count). The van der Waals surface area contributed by atoms with Gasteiger partial charge >= 0.3 is 0 Å². The minimum absolute atomic E-state index is 0.359. The number of nitrogens with two attached hydrogens (primary N) is 1. The van der Waals surface area contributed by atoms with Crippen molar-refractivity contribution in [2.75, 3.05) is 0 Å². The highest BCUT2D eigenvalue weighted by Crippen LogP contribution is 2.37. The predicted molar refractivity (Wildman–Crippen MR) is 105 cm³/mol. The van der Waals surface area contributed by atoms with Gasteiger partial charge in [-0.25, -0.2) is 0 Å². The average molecular weight is 329 g/mol. The van der Waals surface area contributed by atoms with Crippen molar-refractivity contribution < 1.29 is 0 Å². The van der Waals surface area contributed by atoms with Crippen molar-refractivity contribution in [3.8, 4) is 0 Å². The fourth-order valence-electron chi connectivity index (χ4n) is 4.08. The molecule has 0 saturated heterocycles. The first-order valence-corrected chi connectivity index (χ1v) is 10.1. The molecule has 0 unspecified atom stereocenters. The molecule has 1 fully saturated rings. The van der Waals surface area contributed by atoms with Crippen molar-refractivity contribution in [3.05, 3.63) is 35.4 Å². The van der Waals surface area contributed by atoms with Crippen molar-refractivity contribution in [2.45, 2.75) is 89.9 Å². The molecular formula is C22H36N2. The Morgan fingerprint density at radius 2 is 1.58 bits per heavy atom. The summed E-state index contributed by atoms with van der Waals surface area (Å²) in [6.07, 6.45) is 15.2. The quantitative estimate of drug-likeness (QED) is 0.300. The molecule has 1 saturated carbocycles. The summed E-state index contributed by atoms with van der Waals surface area (Å²) < 4.78 is 0. The van der Waals surface area contributed by atoms with Crippen LogP contribution in [0.15, 0.2) is 24.3 Å². The van der Waals surface area contributed by atoms with Gasteiger partial charge in [0.15, 0.2) is 0 Å². The van der Waals surface area contributed by atoms with E-state index in [0.29, 0.717) is 11.8 Å². The van der Waals surface area contributed by atoms with Gasteiger partial charge in [-0.2, -0.15) is 0 Å². The van der Waals surface area contributed by atoms with E-state index in [9.17, 15) is 0 Å². The Morgan fingerprint density at radius 3 is 2.21 bits per heavy atom. The number of amidine groups is 1. The fraction of sp³-hybridized carbons (Fsp3) is 0.682. The van der Waals surface area contributed by atoms with Gasteiger partial charge in [0.1, 0.15) is 0 Å². The molecule has 0 aliphatic heterocycles. The third kappa shape index (κ3) is 6.67. The second-order valence-electron chi connectivity index (χ2n) is 7.71. The molecule has 0 heterocycles. The summed E-state index contributed by atoms with van der Waals surface area (Å²) in [4.78, 5) is 0. The van der Waals surface area contributed by atoms with Gasteiger partial charge in [-0.1, -0.05) is 63.3 Å². The van der Waals surface area contributed by atoms with Crippen molar-refractivity contribution in [3.63, 3.8) is 0 Å². The van der Waals surface area contributed by atoms with Gasteiger partial charge in [-0.15, -0.1) is 0 Å². The van der Waals surface area contributed by atoms with Crippen LogP contribution in [-0.2, 0) is 6.42 Å². The minimum atomic E-state index is 0.359. The zero-order valence-electron chi connectivity index (χ0n) is 15.5. The predicted octanol–water partition coefficient (Wildman–Crippen LogP) is 6.19. The lowest BCUT2D eigenvalue weighted by Gasteiger charge is -2.28. The van der Waals surface area contributed by atoms with Crippen molar-refractivity contribution >= 4 is 5.84 Å². The summed E-state index contributed by atoms with van der Waals surface area (Å²) in [5.74, 6) is 1.72. The smallest absolute Gasteiger partial charge is 0.0908 e. The van der Waals surface area contributed by atoms with Crippen LogP contribution in [0.5, 0.6) is 0 Å². The first-order chi connectivity index (χ1) is 11.7. The molecule has 1 aromatic rings. The molecule has 0 amide bonds. The second-order valence-corrected chi connectivity index (χ2v) is 7.71. The van der Waals surface area contributed by atoms with E-state index in [1.165, 1.54) is 81.8 Å². The van der Waals surface area contributed by atoms with Crippen LogP contribution in [0, 0.1) is 11.3 Å². The summed E-state index contributed by atoms with van der Waals surface area (Å²) in [5.41, 5.74) is 8.56. The molecule has 0 bridgehead atoms. The molecule has 0 atom stereocenters. The van der Waals surface area contributed by atoms with Crippen LogP contribution in [0.4, 0.5) is 0 Å². The van der Waals surface area contributed by atoms with Crippen LogP contribution in [0.2, 0.25) is 0 Å². The number of unbranched alkanes of at least 4 members (excludes halogenated alkanes) is 5. The highest BCUT2D eigenvalue weighted by atomic mass is 14.7. The first-order valence-electron chi connectivity index (χ1n) is 10.1. The maximum absolute atomic E-state index is 7.45. The van der Waals surface area contributed by atoms with Gasteiger partial charge in [0.2, 0.25) is 0 Å². The summed E-state index contributed by atoms with van der Waals surface area (Å²) >= 11 is 0. The Morgan fingerprint density at radius 1 is 0.958 bits per heavy atom. The number of nitrogens with one attached hydrogen (secondary N) is 1. The molecule has 24 heavy (non-hydrogen) atoms. The van der Waals surface area contributed by atoms with Crippen LogP contribution in [0.3, 0.4) is 0 Å². The van der Waals surface area contributed by atoms with Crippen LogP contribution in [0.25, 0.3) is 0 Å². The molecule has 0 radical (unpaired) electrons. The standard InChI is InChI=1S/C22H36N2/c1-2-3-4-5-6-7-8-18-9-13-20(14-10-18)21-15-11-19(12-16-21)17-22(23)24/h9-10,13-14,19,21H,2-8,11-12,15-17H2,1H3,(H3,23,24). The Hall–Kier alpha value is -1.31. The van der Waals surface area contributed by atoms with E-state index < -0.39 is 0 Å². The Balaban J connectivity index is 1.69. The minimum Gasteiger partial charge on any atom is -0.388 e. The van der Waals surface area contributed by atoms with E-state index in [0.717, 1.165) is 12.3 Å². The molecule has 0 aromatic heterocycles. The zero-order chi connectivity index (χ0) is 17.2. The topological polar surface area (TPSA) is 49.9 Å². The lowest BCUT2D eigenvalue weighted by atomic mass is 9.77. The van der Waals surface area contributed by atoms with Gasteiger partial charge in [0.05, 0.1) is 5.84 Å². The van der Waals surface area contributed by atoms with Crippen LogP contribution in [0.1, 0.15) is 94.6 Å². The largest absolute Gasteiger partial charge is 0.388 e. The molecule has 1 aliphatic carbocycles. The first kappa shape index (κ1) is 19.0. The van der Waals surface area contributed by atoms with Gasteiger partial charge in [-0.05, 0) is 61.5 Å². The molecule has 2 nitrogen and oxygen atoms in total. The highest BCUT2D eigenvalue weighted by Gasteiger charge is 2.22. The fourth-order valence-corrected chi connectivity index (χ4v) is 4.08. The maximum Gasteiger partial charge on any atom is 0.0908 e. The van der Waals surface area contributed by atoms with E-state index in [1.807, 2.05) is 0 Å². The van der Waals surface area contributed by atoms with E-state index in [2.05, 4.69) is 31.2 Å². The van der Waals surface area contributed by atoms with Crippen LogP contribution < -0.4 is 5.73 Å². The van der Waals surface area contributed by atoms with E-state index in [1.54, 1.807) is 0 Å². The van der Waals surface area contributed by atoms with Crippen LogP contribution in [-0.4, -0.2) is 5.84 Å². The van der Waals surface area contributed by atoms with Crippen molar-refractivity contribution in [1.82, 2.24) is 0 Å². The van der Waals surface area contributed by atoms with E-state index >= 15 is 0 Å². The van der Waals surface area contributed by atoms with E-state index in [-0.39, 0.29) is 0 Å². The third-order valence-corrected chi connectivity index (χ3v) is 5.63. The van der Waals surface area contributed by atoms with Crippen molar-refractivity contribution in [1.29, 1.82) is 5.41 Å². The van der Waals surface area contributed by atoms with Crippen LogP contribution >= 0.6 is 0 Å². The van der Waals surface area contributed by atoms with E-state index in [4.69, 9.17) is 11.1 Å². The summed E-state index contributed by atoms with van der Waals surface area (Å²) in [7, 11) is 0. The van der Waals surface area contributed by atoms with Crippen molar-refractivity contribution in [2.24, 2.45) is 11.7 Å². The normalized spacial score (nSPS) is 20.9. The molecule has 1 aromatic carbocycles. The maximum atomic E-state index is 7.45. The third-order valence-electron chi connectivity index (χ3n) is 5.63. The molecular weight excluding hydrogens is 292 g/mol. The summed E-state index contributed by atoms with van der Waals surface area (Å²) in [6.45, 7) is 2.28. The Bertz CT molecular complexity index is 469. The molecule has 1 aliphatic rings. The Kier molecular flexibility index (Phi) is 8.35. The summed E-state index contributed by atoms with van der Waals surface area (Å²) in [5, 5.41) is 7.45. The molecule has 3 N–H and O–H groups in total. The Labute approximate surface area is 148 Å². The van der Waals surface area contributed by atoms with Gasteiger partial charge < -0.3 is 5.73 Å². The number of rotatable bonds is 10. The lowest BCUT2D eigenvalue weighted by molar-refractivity contribution is 0.333. The SMILES string of the molecule is CCCCCCCCc1ccc(C2CCC(CC(=N)N)CC2)cc1. The molecule has 0 spiro atoms. The highest BCUT2D eigenvalue weighted by molar-refractivity contribution is 5.77.